The summed E-state index contributed by atoms with van der Waals surface area (Å²) in [7, 11) is 1.53. The number of carbonyl (C=O) groups excluding carboxylic acids is 2. The van der Waals surface area contributed by atoms with Gasteiger partial charge in [-0.3, -0.25) is 9.59 Å². The van der Waals surface area contributed by atoms with Gasteiger partial charge in [-0.05, 0) is 24.6 Å². The van der Waals surface area contributed by atoms with Crippen LogP contribution in [0.1, 0.15) is 5.56 Å². The minimum atomic E-state index is -0.374. The molecule has 0 saturated carbocycles. The van der Waals surface area contributed by atoms with Gasteiger partial charge in [0.25, 0.3) is 0 Å². The Labute approximate surface area is 105 Å². The van der Waals surface area contributed by atoms with Gasteiger partial charge < -0.3 is 21.1 Å². The Bertz CT molecular complexity index is 446. The third-order valence-electron chi connectivity index (χ3n) is 2.26. The van der Waals surface area contributed by atoms with Crippen LogP contribution in [0.25, 0.3) is 0 Å². The molecule has 0 aliphatic carbocycles. The van der Waals surface area contributed by atoms with E-state index in [-0.39, 0.29) is 24.9 Å². The molecular weight excluding hydrogens is 234 g/mol. The SMILES string of the molecule is COc1cc(C)ccc1NC(=O)CNC(=O)CN. The Morgan fingerprint density at radius 3 is 2.67 bits per heavy atom. The van der Waals surface area contributed by atoms with Crippen LogP contribution in [0, 0.1) is 6.92 Å². The van der Waals surface area contributed by atoms with Crippen molar-refractivity contribution in [2.75, 3.05) is 25.5 Å². The van der Waals surface area contributed by atoms with E-state index in [0.717, 1.165) is 5.56 Å². The molecule has 1 aromatic rings. The molecule has 98 valence electrons. The van der Waals surface area contributed by atoms with E-state index in [1.54, 1.807) is 6.07 Å². The van der Waals surface area contributed by atoms with Gasteiger partial charge in [0.2, 0.25) is 11.8 Å². The average Bonchev–Trinajstić information content (AvgIpc) is 2.37. The number of aryl methyl sites for hydroxylation is 1. The third kappa shape index (κ3) is 4.06. The fraction of sp³-hybridized carbons (Fsp3) is 0.333. The zero-order valence-corrected chi connectivity index (χ0v) is 10.4. The summed E-state index contributed by atoms with van der Waals surface area (Å²) < 4.78 is 5.15. The molecule has 1 rings (SSSR count). The molecule has 18 heavy (non-hydrogen) atoms. The van der Waals surface area contributed by atoms with E-state index in [1.807, 2.05) is 19.1 Å². The molecule has 0 fully saturated rings. The van der Waals surface area contributed by atoms with Crippen molar-refractivity contribution in [3.05, 3.63) is 23.8 Å². The van der Waals surface area contributed by atoms with Crippen molar-refractivity contribution < 1.29 is 14.3 Å². The fourth-order valence-electron chi connectivity index (χ4n) is 1.35. The molecule has 2 amide bonds. The number of rotatable bonds is 5. The molecule has 0 heterocycles. The summed E-state index contributed by atoms with van der Waals surface area (Å²) in [5, 5.41) is 5.03. The molecule has 0 saturated heterocycles. The fourth-order valence-corrected chi connectivity index (χ4v) is 1.35. The Kier molecular flexibility index (Phi) is 5.13. The largest absolute Gasteiger partial charge is 0.495 e. The van der Waals surface area contributed by atoms with Crippen LogP contribution in [0.2, 0.25) is 0 Å². The van der Waals surface area contributed by atoms with Crippen molar-refractivity contribution in [1.82, 2.24) is 5.32 Å². The second-order valence-corrected chi connectivity index (χ2v) is 3.73. The predicted octanol–water partition coefficient (Wildman–Crippen LogP) is 0.0170. The standard InChI is InChI=1S/C12H17N3O3/c1-8-3-4-9(10(5-8)18-2)15-12(17)7-14-11(16)6-13/h3-5H,6-7,13H2,1-2H3,(H,14,16)(H,15,17). The quantitative estimate of drug-likeness (QED) is 0.687. The molecule has 0 bridgehead atoms. The highest BCUT2D eigenvalue weighted by Gasteiger charge is 2.08. The van der Waals surface area contributed by atoms with Crippen LogP contribution in [0.5, 0.6) is 5.75 Å². The highest BCUT2D eigenvalue weighted by Crippen LogP contribution is 2.24. The summed E-state index contributed by atoms with van der Waals surface area (Å²) >= 11 is 0. The number of methoxy groups -OCH3 is 1. The number of ether oxygens (including phenoxy) is 1. The van der Waals surface area contributed by atoms with Crippen LogP contribution in [-0.2, 0) is 9.59 Å². The minimum absolute atomic E-state index is 0.118. The van der Waals surface area contributed by atoms with Gasteiger partial charge in [0.05, 0.1) is 25.9 Å². The van der Waals surface area contributed by atoms with E-state index in [0.29, 0.717) is 11.4 Å². The van der Waals surface area contributed by atoms with E-state index in [1.165, 1.54) is 7.11 Å². The van der Waals surface area contributed by atoms with Crippen molar-refractivity contribution in [2.45, 2.75) is 6.92 Å². The normalized spacial score (nSPS) is 9.72. The highest BCUT2D eigenvalue weighted by molar-refractivity contribution is 5.95. The first-order chi connectivity index (χ1) is 8.56. The van der Waals surface area contributed by atoms with Crippen LogP contribution in [0.4, 0.5) is 5.69 Å². The molecule has 6 nitrogen and oxygen atoms in total. The second-order valence-electron chi connectivity index (χ2n) is 3.73. The van der Waals surface area contributed by atoms with E-state index in [9.17, 15) is 9.59 Å². The Hall–Kier alpha value is -2.08. The zero-order valence-electron chi connectivity index (χ0n) is 10.4. The summed E-state index contributed by atoms with van der Waals surface area (Å²) in [5.74, 6) is -0.131. The third-order valence-corrected chi connectivity index (χ3v) is 2.26. The zero-order chi connectivity index (χ0) is 13.5. The predicted molar refractivity (Wildman–Crippen MR) is 68.4 cm³/mol. The Morgan fingerprint density at radius 1 is 1.33 bits per heavy atom. The molecule has 4 N–H and O–H groups in total. The van der Waals surface area contributed by atoms with Gasteiger partial charge in [-0.2, -0.15) is 0 Å². The first kappa shape index (κ1) is 14.0. The first-order valence-corrected chi connectivity index (χ1v) is 5.48. The molecule has 0 spiro atoms. The summed E-state index contributed by atoms with van der Waals surface area (Å²) in [6.45, 7) is 1.67. The molecule has 0 aliphatic rings. The lowest BCUT2D eigenvalue weighted by molar-refractivity contribution is -0.123. The summed E-state index contributed by atoms with van der Waals surface area (Å²) in [5.41, 5.74) is 6.70. The lowest BCUT2D eigenvalue weighted by Crippen LogP contribution is -2.36. The van der Waals surface area contributed by atoms with Gasteiger partial charge in [0.15, 0.2) is 0 Å². The lowest BCUT2D eigenvalue weighted by Gasteiger charge is -2.11. The average molecular weight is 251 g/mol. The molecular formula is C12H17N3O3. The van der Waals surface area contributed by atoms with Gasteiger partial charge in [-0.15, -0.1) is 0 Å². The van der Waals surface area contributed by atoms with E-state index in [4.69, 9.17) is 10.5 Å². The van der Waals surface area contributed by atoms with Crippen LogP contribution >= 0.6 is 0 Å². The molecule has 0 aliphatic heterocycles. The summed E-state index contributed by atoms with van der Waals surface area (Å²) in [4.78, 5) is 22.5. The smallest absolute Gasteiger partial charge is 0.243 e. The molecule has 0 unspecified atom stereocenters. The maximum absolute atomic E-state index is 11.6. The monoisotopic (exact) mass is 251 g/mol. The topological polar surface area (TPSA) is 93.5 Å². The van der Waals surface area contributed by atoms with Crippen LogP contribution in [-0.4, -0.2) is 32.0 Å². The number of nitrogens with two attached hydrogens (primary N) is 1. The molecule has 0 radical (unpaired) electrons. The van der Waals surface area contributed by atoms with Crippen molar-refractivity contribution in [3.63, 3.8) is 0 Å². The van der Waals surface area contributed by atoms with Crippen LogP contribution < -0.4 is 21.1 Å². The Morgan fingerprint density at radius 2 is 2.06 bits per heavy atom. The summed E-state index contributed by atoms with van der Waals surface area (Å²) in [6.07, 6.45) is 0. The van der Waals surface area contributed by atoms with Gasteiger partial charge >= 0.3 is 0 Å². The maximum Gasteiger partial charge on any atom is 0.243 e. The number of hydrogen-bond acceptors (Lipinski definition) is 4. The first-order valence-electron chi connectivity index (χ1n) is 5.48. The maximum atomic E-state index is 11.6. The number of benzene rings is 1. The number of hydrogen-bond donors (Lipinski definition) is 3. The highest BCUT2D eigenvalue weighted by atomic mass is 16.5. The number of amides is 2. The van der Waals surface area contributed by atoms with Gasteiger partial charge in [0, 0.05) is 0 Å². The van der Waals surface area contributed by atoms with E-state index >= 15 is 0 Å². The second kappa shape index (κ2) is 6.61. The molecule has 0 atom stereocenters. The number of nitrogens with one attached hydrogen (secondary N) is 2. The number of anilines is 1. The van der Waals surface area contributed by atoms with Crippen molar-refractivity contribution in [3.8, 4) is 5.75 Å². The molecule has 0 aromatic heterocycles. The van der Waals surface area contributed by atoms with Gasteiger partial charge in [0.1, 0.15) is 5.75 Å². The van der Waals surface area contributed by atoms with Gasteiger partial charge in [-0.25, -0.2) is 0 Å². The van der Waals surface area contributed by atoms with E-state index in [2.05, 4.69) is 10.6 Å². The lowest BCUT2D eigenvalue weighted by atomic mass is 10.2. The number of carbonyl (C=O) groups is 2. The van der Waals surface area contributed by atoms with Crippen molar-refractivity contribution in [1.29, 1.82) is 0 Å². The van der Waals surface area contributed by atoms with E-state index < -0.39 is 0 Å². The Balaban J connectivity index is 2.61. The van der Waals surface area contributed by atoms with Crippen molar-refractivity contribution in [2.24, 2.45) is 5.73 Å². The minimum Gasteiger partial charge on any atom is -0.495 e. The van der Waals surface area contributed by atoms with Crippen molar-refractivity contribution >= 4 is 17.5 Å². The van der Waals surface area contributed by atoms with Gasteiger partial charge in [-0.1, -0.05) is 6.07 Å². The molecule has 6 heteroatoms. The van der Waals surface area contributed by atoms with Crippen LogP contribution in [0.3, 0.4) is 0 Å². The van der Waals surface area contributed by atoms with Crippen LogP contribution in [0.15, 0.2) is 18.2 Å². The summed E-state index contributed by atoms with van der Waals surface area (Å²) in [6, 6.07) is 5.42. The molecule has 1 aromatic carbocycles.